The Hall–Kier alpha value is -0.540. The van der Waals surface area contributed by atoms with Gasteiger partial charge >= 0.3 is 0 Å². The summed E-state index contributed by atoms with van der Waals surface area (Å²) >= 11 is 3.31. The molecule has 1 aromatic rings. The molecule has 90 valence electrons. The van der Waals surface area contributed by atoms with Gasteiger partial charge in [-0.1, -0.05) is 26.8 Å². The first-order valence-corrected chi connectivity index (χ1v) is 6.36. The largest absolute Gasteiger partial charge is 0.507 e. The number of halogens is 1. The Morgan fingerprint density at radius 3 is 2.56 bits per heavy atom. The Kier molecular flexibility index (Phi) is 4.81. The summed E-state index contributed by atoms with van der Waals surface area (Å²) in [6.45, 7) is 8.58. The molecular formula is C13H20BrNO. The van der Waals surface area contributed by atoms with Crippen LogP contribution in [0.2, 0.25) is 0 Å². The van der Waals surface area contributed by atoms with E-state index in [0.717, 1.165) is 24.0 Å². The Labute approximate surface area is 106 Å². The number of phenolic OH excluding ortho intramolecular Hbond substituents is 1. The topological polar surface area (TPSA) is 32.3 Å². The average molecular weight is 286 g/mol. The van der Waals surface area contributed by atoms with E-state index in [-0.39, 0.29) is 0 Å². The minimum absolute atomic E-state index is 0.290. The zero-order chi connectivity index (χ0) is 12.2. The number of hydrogen-bond donors (Lipinski definition) is 2. The molecule has 0 aliphatic heterocycles. The standard InChI is InChI=1S/C13H20BrNO/c1-13(2,3)6-7-15-9-10-4-5-12(16)11(14)8-10/h4-5,8,15-16H,6-7,9H2,1-3H3. The van der Waals surface area contributed by atoms with E-state index in [1.165, 1.54) is 5.56 Å². The fourth-order valence-corrected chi connectivity index (χ4v) is 1.78. The van der Waals surface area contributed by atoms with Crippen LogP contribution in [0, 0.1) is 5.41 Å². The molecule has 1 rings (SSSR count). The molecule has 0 unspecified atom stereocenters. The SMILES string of the molecule is CC(C)(C)CCNCc1ccc(O)c(Br)c1. The fourth-order valence-electron chi connectivity index (χ4n) is 1.36. The lowest BCUT2D eigenvalue weighted by Gasteiger charge is -2.18. The molecule has 2 nitrogen and oxygen atoms in total. The second-order valence-corrected chi connectivity index (χ2v) is 6.13. The van der Waals surface area contributed by atoms with Gasteiger partial charge < -0.3 is 10.4 Å². The van der Waals surface area contributed by atoms with Gasteiger partial charge in [0.05, 0.1) is 4.47 Å². The number of nitrogens with one attached hydrogen (secondary N) is 1. The van der Waals surface area contributed by atoms with E-state index in [9.17, 15) is 5.11 Å². The first kappa shape index (κ1) is 13.5. The van der Waals surface area contributed by atoms with Crippen molar-refractivity contribution in [3.05, 3.63) is 28.2 Å². The minimum atomic E-state index is 0.290. The van der Waals surface area contributed by atoms with Gasteiger partial charge in [-0.3, -0.25) is 0 Å². The van der Waals surface area contributed by atoms with Crippen LogP contribution in [0.4, 0.5) is 0 Å². The third-order valence-electron chi connectivity index (χ3n) is 2.39. The van der Waals surface area contributed by atoms with Crippen molar-refractivity contribution >= 4 is 15.9 Å². The number of hydrogen-bond acceptors (Lipinski definition) is 2. The Bertz CT molecular complexity index is 344. The molecule has 2 N–H and O–H groups in total. The van der Waals surface area contributed by atoms with Crippen LogP contribution in [0.5, 0.6) is 5.75 Å². The summed E-state index contributed by atoms with van der Waals surface area (Å²) in [5.41, 5.74) is 1.56. The summed E-state index contributed by atoms with van der Waals surface area (Å²) in [6, 6.07) is 5.59. The highest BCUT2D eigenvalue weighted by molar-refractivity contribution is 9.10. The molecule has 0 bridgehead atoms. The maximum atomic E-state index is 9.35. The van der Waals surface area contributed by atoms with Gasteiger partial charge in [0, 0.05) is 6.54 Å². The third-order valence-corrected chi connectivity index (χ3v) is 3.03. The van der Waals surface area contributed by atoms with E-state index in [2.05, 4.69) is 42.0 Å². The molecular weight excluding hydrogens is 266 g/mol. The highest BCUT2D eigenvalue weighted by Crippen LogP contribution is 2.24. The van der Waals surface area contributed by atoms with Crippen molar-refractivity contribution in [1.29, 1.82) is 0 Å². The lowest BCUT2D eigenvalue weighted by molar-refractivity contribution is 0.366. The van der Waals surface area contributed by atoms with E-state index in [0.29, 0.717) is 11.2 Å². The van der Waals surface area contributed by atoms with Crippen LogP contribution >= 0.6 is 15.9 Å². The maximum Gasteiger partial charge on any atom is 0.129 e. The molecule has 0 heterocycles. The van der Waals surface area contributed by atoms with Crippen LogP contribution in [-0.2, 0) is 6.54 Å². The van der Waals surface area contributed by atoms with Crippen LogP contribution in [0.15, 0.2) is 22.7 Å². The predicted molar refractivity (Wildman–Crippen MR) is 71.6 cm³/mol. The molecule has 0 saturated heterocycles. The second-order valence-electron chi connectivity index (χ2n) is 5.27. The van der Waals surface area contributed by atoms with Crippen LogP contribution in [-0.4, -0.2) is 11.7 Å². The molecule has 0 aromatic heterocycles. The van der Waals surface area contributed by atoms with E-state index in [1.54, 1.807) is 6.07 Å². The van der Waals surface area contributed by atoms with Crippen molar-refractivity contribution in [3.8, 4) is 5.75 Å². The normalized spacial score (nSPS) is 11.8. The lowest BCUT2D eigenvalue weighted by Crippen LogP contribution is -2.20. The summed E-state index contributed by atoms with van der Waals surface area (Å²) < 4.78 is 0.752. The predicted octanol–water partition coefficient (Wildman–Crippen LogP) is 3.68. The summed E-state index contributed by atoms with van der Waals surface area (Å²) in [5.74, 6) is 0.290. The van der Waals surface area contributed by atoms with Crippen molar-refractivity contribution in [2.24, 2.45) is 5.41 Å². The first-order valence-electron chi connectivity index (χ1n) is 5.56. The monoisotopic (exact) mass is 285 g/mol. The molecule has 0 saturated carbocycles. The van der Waals surface area contributed by atoms with E-state index >= 15 is 0 Å². The molecule has 0 atom stereocenters. The van der Waals surface area contributed by atoms with Gasteiger partial charge in [-0.15, -0.1) is 0 Å². The van der Waals surface area contributed by atoms with Crippen molar-refractivity contribution in [2.75, 3.05) is 6.54 Å². The number of benzene rings is 1. The summed E-state index contributed by atoms with van der Waals surface area (Å²) in [4.78, 5) is 0. The van der Waals surface area contributed by atoms with Gasteiger partial charge in [0.15, 0.2) is 0 Å². The first-order chi connectivity index (χ1) is 7.38. The van der Waals surface area contributed by atoms with Crippen molar-refractivity contribution < 1.29 is 5.11 Å². The number of phenols is 1. The van der Waals surface area contributed by atoms with Gasteiger partial charge in [0.25, 0.3) is 0 Å². The Balaban J connectivity index is 2.35. The molecule has 0 spiro atoms. The molecule has 0 amide bonds. The molecule has 1 aromatic carbocycles. The maximum absolute atomic E-state index is 9.35. The second kappa shape index (κ2) is 5.69. The number of aromatic hydroxyl groups is 1. The van der Waals surface area contributed by atoms with E-state index < -0.39 is 0 Å². The van der Waals surface area contributed by atoms with Gasteiger partial charge in [-0.05, 0) is 52.0 Å². The van der Waals surface area contributed by atoms with Crippen LogP contribution in [0.3, 0.4) is 0 Å². The van der Waals surface area contributed by atoms with Crippen LogP contribution < -0.4 is 5.32 Å². The summed E-state index contributed by atoms with van der Waals surface area (Å²) in [6.07, 6.45) is 1.16. The smallest absolute Gasteiger partial charge is 0.129 e. The zero-order valence-electron chi connectivity index (χ0n) is 10.2. The van der Waals surface area contributed by atoms with Gasteiger partial charge in [-0.2, -0.15) is 0 Å². The summed E-state index contributed by atoms with van der Waals surface area (Å²) in [7, 11) is 0. The van der Waals surface area contributed by atoms with Gasteiger partial charge in [0.2, 0.25) is 0 Å². The van der Waals surface area contributed by atoms with E-state index in [1.807, 2.05) is 12.1 Å². The van der Waals surface area contributed by atoms with Crippen molar-refractivity contribution in [3.63, 3.8) is 0 Å². The quantitative estimate of drug-likeness (QED) is 0.827. The minimum Gasteiger partial charge on any atom is -0.507 e. The fraction of sp³-hybridized carbons (Fsp3) is 0.538. The highest BCUT2D eigenvalue weighted by atomic mass is 79.9. The van der Waals surface area contributed by atoms with Crippen LogP contribution in [0.25, 0.3) is 0 Å². The molecule has 3 heteroatoms. The average Bonchev–Trinajstić information content (AvgIpc) is 2.17. The van der Waals surface area contributed by atoms with Gasteiger partial charge in [-0.25, -0.2) is 0 Å². The molecule has 0 fully saturated rings. The molecule has 0 radical (unpaired) electrons. The molecule has 0 aliphatic rings. The van der Waals surface area contributed by atoms with Crippen LogP contribution in [0.1, 0.15) is 32.8 Å². The summed E-state index contributed by atoms with van der Waals surface area (Å²) in [5, 5.41) is 12.8. The molecule has 0 aliphatic carbocycles. The van der Waals surface area contributed by atoms with E-state index in [4.69, 9.17) is 0 Å². The van der Waals surface area contributed by atoms with Gasteiger partial charge in [0.1, 0.15) is 5.75 Å². The Morgan fingerprint density at radius 2 is 2.00 bits per heavy atom. The zero-order valence-corrected chi connectivity index (χ0v) is 11.8. The highest BCUT2D eigenvalue weighted by Gasteiger charge is 2.08. The Morgan fingerprint density at radius 1 is 1.31 bits per heavy atom. The van der Waals surface area contributed by atoms with Crippen molar-refractivity contribution in [2.45, 2.75) is 33.7 Å². The lowest BCUT2D eigenvalue weighted by atomic mass is 9.92. The van der Waals surface area contributed by atoms with Crippen molar-refractivity contribution in [1.82, 2.24) is 5.32 Å². The molecule has 16 heavy (non-hydrogen) atoms. The third kappa shape index (κ3) is 4.99. The number of rotatable bonds is 4.